The Morgan fingerprint density at radius 2 is 1.92 bits per heavy atom. The summed E-state index contributed by atoms with van der Waals surface area (Å²) >= 11 is 0. The molecule has 2 aromatic rings. The van der Waals surface area contributed by atoms with Crippen LogP contribution in [0.25, 0.3) is 5.69 Å². The summed E-state index contributed by atoms with van der Waals surface area (Å²) in [5.41, 5.74) is 2.13. The fourth-order valence-electron chi connectivity index (χ4n) is 3.19. The summed E-state index contributed by atoms with van der Waals surface area (Å²) in [5.74, 6) is -0.943. The first-order chi connectivity index (χ1) is 11.5. The molecule has 0 bridgehead atoms. The molecule has 0 saturated carbocycles. The van der Waals surface area contributed by atoms with Crippen LogP contribution in [0.3, 0.4) is 0 Å². The summed E-state index contributed by atoms with van der Waals surface area (Å²) in [6.45, 7) is 4.61. The van der Waals surface area contributed by atoms with E-state index < -0.39 is 5.97 Å². The summed E-state index contributed by atoms with van der Waals surface area (Å²) in [5, 5.41) is 13.2. The molecule has 6 nitrogen and oxygen atoms in total. The van der Waals surface area contributed by atoms with Gasteiger partial charge in [-0.3, -0.25) is 4.79 Å². The monoisotopic (exact) mass is 327 g/mol. The van der Waals surface area contributed by atoms with Crippen molar-refractivity contribution < 1.29 is 14.7 Å². The number of nitrogens with zero attached hydrogens (tertiary/aromatic N) is 3. The Labute approximate surface area is 140 Å². The Balaban J connectivity index is 1.83. The first kappa shape index (κ1) is 16.2. The van der Waals surface area contributed by atoms with Crippen molar-refractivity contribution in [3.8, 4) is 5.69 Å². The highest BCUT2D eigenvalue weighted by molar-refractivity contribution is 5.94. The SMILES string of the molecule is Cc1c(C(=O)O)cnn1-c1ccc(C(=O)N2CCCC[C@H]2C)cc1. The number of carbonyl (C=O) groups is 2. The number of amides is 1. The zero-order chi connectivity index (χ0) is 17.3. The number of benzene rings is 1. The van der Waals surface area contributed by atoms with E-state index >= 15 is 0 Å². The Morgan fingerprint density at radius 1 is 1.21 bits per heavy atom. The highest BCUT2D eigenvalue weighted by atomic mass is 16.4. The quantitative estimate of drug-likeness (QED) is 0.940. The Hall–Kier alpha value is -2.63. The molecule has 2 heterocycles. The first-order valence-corrected chi connectivity index (χ1v) is 8.18. The third-order valence-corrected chi connectivity index (χ3v) is 4.66. The summed E-state index contributed by atoms with van der Waals surface area (Å²) in [6, 6.07) is 7.43. The van der Waals surface area contributed by atoms with E-state index in [-0.39, 0.29) is 17.5 Å². The second-order valence-corrected chi connectivity index (χ2v) is 6.25. The van der Waals surface area contributed by atoms with Gasteiger partial charge in [-0.25, -0.2) is 9.48 Å². The van der Waals surface area contributed by atoms with Gasteiger partial charge in [-0.05, 0) is 57.4 Å². The van der Waals surface area contributed by atoms with Crippen LogP contribution in [0.2, 0.25) is 0 Å². The number of carboxylic acids is 1. The molecule has 0 unspecified atom stereocenters. The zero-order valence-electron chi connectivity index (χ0n) is 13.9. The van der Waals surface area contributed by atoms with Gasteiger partial charge in [0, 0.05) is 18.2 Å². The van der Waals surface area contributed by atoms with Crippen LogP contribution in [0.5, 0.6) is 0 Å². The van der Waals surface area contributed by atoms with E-state index in [0.717, 1.165) is 25.1 Å². The number of aromatic nitrogens is 2. The lowest BCUT2D eigenvalue weighted by Crippen LogP contribution is -2.42. The molecule has 1 fully saturated rings. The summed E-state index contributed by atoms with van der Waals surface area (Å²) in [4.78, 5) is 25.7. The number of carboxylic acid groups (broad SMARTS) is 1. The lowest BCUT2D eigenvalue weighted by molar-refractivity contribution is 0.0634. The second-order valence-electron chi connectivity index (χ2n) is 6.25. The van der Waals surface area contributed by atoms with Gasteiger partial charge in [-0.2, -0.15) is 5.10 Å². The summed E-state index contributed by atoms with van der Waals surface area (Å²) in [6.07, 6.45) is 4.62. The van der Waals surface area contributed by atoms with Gasteiger partial charge in [-0.15, -0.1) is 0 Å². The zero-order valence-corrected chi connectivity index (χ0v) is 13.9. The predicted octanol–water partition coefficient (Wildman–Crippen LogP) is 2.89. The lowest BCUT2D eigenvalue weighted by Gasteiger charge is -2.33. The number of piperidine rings is 1. The molecule has 0 radical (unpaired) electrons. The molecule has 1 atom stereocenters. The van der Waals surface area contributed by atoms with E-state index in [1.54, 1.807) is 35.9 Å². The minimum absolute atomic E-state index is 0.0529. The number of aromatic carboxylic acids is 1. The molecular formula is C18H21N3O3. The van der Waals surface area contributed by atoms with E-state index in [4.69, 9.17) is 5.11 Å². The lowest BCUT2D eigenvalue weighted by atomic mass is 10.0. The summed E-state index contributed by atoms with van der Waals surface area (Å²) in [7, 11) is 0. The van der Waals surface area contributed by atoms with Crippen LogP contribution in [0.1, 0.15) is 52.6 Å². The Kier molecular flexibility index (Phi) is 4.38. The van der Waals surface area contributed by atoms with Gasteiger partial charge < -0.3 is 10.0 Å². The molecular weight excluding hydrogens is 306 g/mol. The van der Waals surface area contributed by atoms with Crippen LogP contribution >= 0.6 is 0 Å². The van der Waals surface area contributed by atoms with Crippen LogP contribution < -0.4 is 0 Å². The fraction of sp³-hybridized carbons (Fsp3) is 0.389. The maximum Gasteiger partial charge on any atom is 0.339 e. The third kappa shape index (κ3) is 2.91. The fourth-order valence-corrected chi connectivity index (χ4v) is 3.19. The topological polar surface area (TPSA) is 75.4 Å². The molecule has 1 aromatic heterocycles. The molecule has 1 aliphatic heterocycles. The van der Waals surface area contributed by atoms with Crippen molar-refractivity contribution in [1.29, 1.82) is 0 Å². The number of likely N-dealkylation sites (tertiary alicyclic amines) is 1. The van der Waals surface area contributed by atoms with Crippen molar-refractivity contribution in [1.82, 2.24) is 14.7 Å². The molecule has 1 aromatic carbocycles. The number of hydrogen-bond acceptors (Lipinski definition) is 3. The van der Waals surface area contributed by atoms with Crippen molar-refractivity contribution in [2.45, 2.75) is 39.2 Å². The van der Waals surface area contributed by atoms with E-state index in [2.05, 4.69) is 12.0 Å². The molecule has 1 N–H and O–H groups in total. The van der Waals surface area contributed by atoms with Crippen molar-refractivity contribution in [3.05, 3.63) is 47.3 Å². The Morgan fingerprint density at radius 3 is 2.50 bits per heavy atom. The minimum Gasteiger partial charge on any atom is -0.478 e. The molecule has 1 aliphatic rings. The maximum absolute atomic E-state index is 12.6. The Bertz CT molecular complexity index is 764. The van der Waals surface area contributed by atoms with Gasteiger partial charge in [0.15, 0.2) is 0 Å². The highest BCUT2D eigenvalue weighted by Crippen LogP contribution is 2.20. The molecule has 0 aliphatic carbocycles. The predicted molar refractivity (Wildman–Crippen MR) is 89.6 cm³/mol. The molecule has 1 amide bonds. The normalized spacial score (nSPS) is 17.8. The molecule has 3 rings (SSSR count). The van der Waals surface area contributed by atoms with Crippen LogP contribution in [-0.2, 0) is 0 Å². The maximum atomic E-state index is 12.6. The minimum atomic E-state index is -0.996. The standard InChI is InChI=1S/C18H21N3O3/c1-12-5-3-4-10-20(12)17(22)14-6-8-15(9-7-14)21-13(2)16(11-19-21)18(23)24/h6-9,11-12H,3-5,10H2,1-2H3,(H,23,24)/t12-/m1/s1. The molecule has 126 valence electrons. The van der Waals surface area contributed by atoms with Crippen LogP contribution in [0.15, 0.2) is 30.5 Å². The number of hydrogen-bond donors (Lipinski definition) is 1. The summed E-state index contributed by atoms with van der Waals surface area (Å²) < 4.78 is 1.57. The second kappa shape index (κ2) is 6.47. The third-order valence-electron chi connectivity index (χ3n) is 4.66. The molecule has 1 saturated heterocycles. The van der Waals surface area contributed by atoms with Crippen molar-refractivity contribution in [3.63, 3.8) is 0 Å². The van der Waals surface area contributed by atoms with Gasteiger partial charge in [0.05, 0.1) is 17.6 Å². The van der Waals surface area contributed by atoms with Gasteiger partial charge in [0.2, 0.25) is 0 Å². The van der Waals surface area contributed by atoms with Crippen LogP contribution in [-0.4, -0.2) is 44.3 Å². The van der Waals surface area contributed by atoms with E-state index in [9.17, 15) is 9.59 Å². The van der Waals surface area contributed by atoms with E-state index in [0.29, 0.717) is 11.3 Å². The van der Waals surface area contributed by atoms with Gasteiger partial charge >= 0.3 is 5.97 Å². The average Bonchev–Trinajstić information content (AvgIpc) is 2.96. The van der Waals surface area contributed by atoms with Crippen LogP contribution in [0.4, 0.5) is 0 Å². The van der Waals surface area contributed by atoms with Gasteiger partial charge in [0.25, 0.3) is 5.91 Å². The first-order valence-electron chi connectivity index (χ1n) is 8.18. The molecule has 6 heteroatoms. The van der Waals surface area contributed by atoms with E-state index in [1.165, 1.54) is 12.6 Å². The van der Waals surface area contributed by atoms with Gasteiger partial charge in [0.1, 0.15) is 5.56 Å². The van der Waals surface area contributed by atoms with E-state index in [1.807, 2.05) is 4.90 Å². The number of carbonyl (C=O) groups excluding carboxylic acids is 1. The molecule has 0 spiro atoms. The highest BCUT2D eigenvalue weighted by Gasteiger charge is 2.24. The largest absolute Gasteiger partial charge is 0.478 e. The van der Waals surface area contributed by atoms with Crippen molar-refractivity contribution >= 4 is 11.9 Å². The van der Waals surface area contributed by atoms with Crippen LogP contribution in [0, 0.1) is 6.92 Å². The number of rotatable bonds is 3. The average molecular weight is 327 g/mol. The van der Waals surface area contributed by atoms with Gasteiger partial charge in [-0.1, -0.05) is 0 Å². The smallest absolute Gasteiger partial charge is 0.339 e. The molecule has 24 heavy (non-hydrogen) atoms. The van der Waals surface area contributed by atoms with Crippen molar-refractivity contribution in [2.24, 2.45) is 0 Å². The van der Waals surface area contributed by atoms with Crippen molar-refractivity contribution in [2.75, 3.05) is 6.54 Å².